The summed E-state index contributed by atoms with van der Waals surface area (Å²) in [6.07, 6.45) is 0.790. The van der Waals surface area contributed by atoms with Crippen LogP contribution in [0, 0.1) is 6.92 Å². The van der Waals surface area contributed by atoms with Crippen LogP contribution in [0.2, 0.25) is 0 Å². The first kappa shape index (κ1) is 16.0. The van der Waals surface area contributed by atoms with Gasteiger partial charge in [0.25, 0.3) is 5.56 Å². The van der Waals surface area contributed by atoms with Gasteiger partial charge in [-0.25, -0.2) is 4.98 Å². The van der Waals surface area contributed by atoms with Crippen molar-refractivity contribution in [2.24, 2.45) is 0 Å². The lowest BCUT2D eigenvalue weighted by Crippen LogP contribution is -2.09. The molecule has 26 heavy (non-hydrogen) atoms. The maximum absolute atomic E-state index is 12.2. The molecular formula is C19H17N5O2. The number of phenols is 1. The Hall–Kier alpha value is -3.48. The van der Waals surface area contributed by atoms with Crippen LogP contribution in [0.25, 0.3) is 28.0 Å². The number of aromatic hydroxyl groups is 1. The highest BCUT2D eigenvalue weighted by molar-refractivity contribution is 5.80. The van der Waals surface area contributed by atoms with Gasteiger partial charge in [-0.3, -0.25) is 4.79 Å². The SMILES string of the molecule is CCc1nn(-c2ccc(-c3nc4ccccc4c(=O)[nH]3)c(O)c2)nc1C. The molecule has 2 heterocycles. The Bertz CT molecular complexity index is 1180. The molecule has 7 nitrogen and oxygen atoms in total. The summed E-state index contributed by atoms with van der Waals surface area (Å²) in [5, 5.41) is 19.8. The predicted octanol–water partition coefficient (Wildman–Crippen LogP) is 2.75. The number of aryl methyl sites for hydroxylation is 2. The number of nitrogens with one attached hydrogen (secondary N) is 1. The minimum atomic E-state index is -0.244. The van der Waals surface area contributed by atoms with Crippen molar-refractivity contribution in [1.82, 2.24) is 25.0 Å². The third kappa shape index (κ3) is 2.63. The van der Waals surface area contributed by atoms with Gasteiger partial charge in [-0.1, -0.05) is 19.1 Å². The second kappa shape index (κ2) is 6.11. The van der Waals surface area contributed by atoms with E-state index < -0.39 is 0 Å². The molecule has 4 rings (SSSR count). The summed E-state index contributed by atoms with van der Waals surface area (Å²) >= 11 is 0. The zero-order valence-corrected chi connectivity index (χ0v) is 14.4. The summed E-state index contributed by atoms with van der Waals surface area (Å²) in [6, 6.07) is 12.1. The molecule has 0 saturated carbocycles. The first-order valence-corrected chi connectivity index (χ1v) is 8.32. The van der Waals surface area contributed by atoms with Crippen LogP contribution < -0.4 is 5.56 Å². The molecule has 2 aromatic heterocycles. The number of H-pyrrole nitrogens is 1. The molecule has 0 radical (unpaired) electrons. The van der Waals surface area contributed by atoms with Crippen molar-refractivity contribution in [3.05, 3.63) is 64.2 Å². The van der Waals surface area contributed by atoms with Crippen molar-refractivity contribution in [3.8, 4) is 22.8 Å². The number of phenolic OH excluding ortho intramolecular Hbond substituents is 1. The maximum atomic E-state index is 12.2. The van der Waals surface area contributed by atoms with Crippen LogP contribution >= 0.6 is 0 Å². The zero-order valence-electron chi connectivity index (χ0n) is 14.4. The summed E-state index contributed by atoms with van der Waals surface area (Å²) in [5.41, 5.74) is 3.18. The van der Waals surface area contributed by atoms with Gasteiger partial charge < -0.3 is 10.1 Å². The second-order valence-electron chi connectivity index (χ2n) is 6.01. The molecule has 0 fully saturated rings. The fourth-order valence-electron chi connectivity index (χ4n) is 2.91. The van der Waals surface area contributed by atoms with E-state index in [-0.39, 0.29) is 11.3 Å². The van der Waals surface area contributed by atoms with Crippen LogP contribution in [0.3, 0.4) is 0 Å². The van der Waals surface area contributed by atoms with E-state index in [0.717, 1.165) is 17.8 Å². The van der Waals surface area contributed by atoms with Crippen molar-refractivity contribution in [3.63, 3.8) is 0 Å². The third-order valence-corrected chi connectivity index (χ3v) is 4.29. The summed E-state index contributed by atoms with van der Waals surface area (Å²) in [4.78, 5) is 20.9. The molecule has 0 aliphatic rings. The molecule has 130 valence electrons. The van der Waals surface area contributed by atoms with Crippen LogP contribution in [0.5, 0.6) is 5.75 Å². The van der Waals surface area contributed by atoms with E-state index in [1.165, 1.54) is 4.80 Å². The van der Waals surface area contributed by atoms with Gasteiger partial charge in [0.15, 0.2) is 0 Å². The van der Waals surface area contributed by atoms with Gasteiger partial charge in [0.2, 0.25) is 0 Å². The number of nitrogens with zero attached hydrogens (tertiary/aromatic N) is 4. The van der Waals surface area contributed by atoms with Crippen molar-refractivity contribution in [1.29, 1.82) is 0 Å². The zero-order chi connectivity index (χ0) is 18.3. The first-order valence-electron chi connectivity index (χ1n) is 8.32. The molecule has 0 saturated heterocycles. The average Bonchev–Trinajstić information content (AvgIpc) is 3.02. The van der Waals surface area contributed by atoms with E-state index >= 15 is 0 Å². The number of rotatable bonds is 3. The van der Waals surface area contributed by atoms with E-state index in [4.69, 9.17) is 0 Å². The third-order valence-electron chi connectivity index (χ3n) is 4.29. The fourth-order valence-corrected chi connectivity index (χ4v) is 2.91. The van der Waals surface area contributed by atoms with Gasteiger partial charge in [0.1, 0.15) is 11.6 Å². The number of fused-ring (bicyclic) bond motifs is 1. The quantitative estimate of drug-likeness (QED) is 0.594. The summed E-state index contributed by atoms with van der Waals surface area (Å²) in [5.74, 6) is 0.311. The highest BCUT2D eigenvalue weighted by atomic mass is 16.3. The Balaban J connectivity index is 1.80. The minimum absolute atomic E-state index is 0.00562. The molecule has 0 aliphatic heterocycles. The van der Waals surface area contributed by atoms with E-state index in [9.17, 15) is 9.90 Å². The van der Waals surface area contributed by atoms with E-state index in [2.05, 4.69) is 20.2 Å². The molecule has 0 unspecified atom stereocenters. The van der Waals surface area contributed by atoms with E-state index in [1.54, 1.807) is 36.4 Å². The molecule has 4 aromatic rings. The van der Waals surface area contributed by atoms with Gasteiger partial charge in [-0.15, -0.1) is 0 Å². The fraction of sp³-hybridized carbons (Fsp3) is 0.158. The number of benzene rings is 2. The Morgan fingerprint density at radius 3 is 2.69 bits per heavy atom. The number of hydrogen-bond donors (Lipinski definition) is 2. The van der Waals surface area contributed by atoms with Crippen molar-refractivity contribution in [2.75, 3.05) is 0 Å². The molecule has 2 aromatic carbocycles. The van der Waals surface area contributed by atoms with Crippen molar-refractivity contribution in [2.45, 2.75) is 20.3 Å². The molecule has 0 aliphatic carbocycles. The normalized spacial score (nSPS) is 11.2. The van der Waals surface area contributed by atoms with Gasteiger partial charge in [-0.05, 0) is 37.6 Å². The Morgan fingerprint density at radius 2 is 1.96 bits per heavy atom. The lowest BCUT2D eigenvalue weighted by Gasteiger charge is -2.07. The van der Waals surface area contributed by atoms with Crippen LogP contribution in [-0.2, 0) is 6.42 Å². The molecule has 7 heteroatoms. The number of aromatic nitrogens is 5. The number of aromatic amines is 1. The lowest BCUT2D eigenvalue weighted by molar-refractivity contribution is 0.476. The van der Waals surface area contributed by atoms with Gasteiger partial charge in [0.05, 0.1) is 33.5 Å². The molecule has 0 atom stereocenters. The van der Waals surface area contributed by atoms with Gasteiger partial charge >= 0.3 is 0 Å². The summed E-state index contributed by atoms with van der Waals surface area (Å²) in [7, 11) is 0. The maximum Gasteiger partial charge on any atom is 0.259 e. The second-order valence-corrected chi connectivity index (χ2v) is 6.01. The molecule has 0 spiro atoms. The Labute approximate surface area is 149 Å². The molecular weight excluding hydrogens is 330 g/mol. The van der Waals surface area contributed by atoms with Crippen molar-refractivity contribution < 1.29 is 5.11 Å². The van der Waals surface area contributed by atoms with E-state index in [1.807, 2.05) is 19.9 Å². The lowest BCUT2D eigenvalue weighted by atomic mass is 10.1. The highest BCUT2D eigenvalue weighted by Gasteiger charge is 2.13. The average molecular weight is 347 g/mol. The van der Waals surface area contributed by atoms with Crippen molar-refractivity contribution >= 4 is 10.9 Å². The van der Waals surface area contributed by atoms with Gasteiger partial charge in [-0.2, -0.15) is 15.0 Å². The Kier molecular flexibility index (Phi) is 3.76. The van der Waals surface area contributed by atoms with Crippen LogP contribution in [0.1, 0.15) is 18.3 Å². The predicted molar refractivity (Wildman–Crippen MR) is 98.5 cm³/mol. The van der Waals surface area contributed by atoms with E-state index in [0.29, 0.717) is 28.0 Å². The van der Waals surface area contributed by atoms with Crippen LogP contribution in [0.4, 0.5) is 0 Å². The monoisotopic (exact) mass is 347 g/mol. The first-order chi connectivity index (χ1) is 12.6. The summed E-state index contributed by atoms with van der Waals surface area (Å²) < 4.78 is 0. The molecule has 0 bridgehead atoms. The number of para-hydroxylation sites is 1. The highest BCUT2D eigenvalue weighted by Crippen LogP contribution is 2.28. The van der Waals surface area contributed by atoms with Gasteiger partial charge in [0, 0.05) is 6.07 Å². The molecule has 2 N–H and O–H groups in total. The standard InChI is InChI=1S/C19H17N5O2/c1-3-15-11(2)22-24(23-15)12-8-9-14(17(25)10-12)18-20-16-7-5-4-6-13(16)19(26)21-18/h4-10,25H,3H2,1-2H3,(H,20,21,26). The molecule has 0 amide bonds. The largest absolute Gasteiger partial charge is 0.507 e. The minimum Gasteiger partial charge on any atom is -0.507 e. The van der Waals surface area contributed by atoms with Crippen LogP contribution in [-0.4, -0.2) is 30.1 Å². The Morgan fingerprint density at radius 1 is 1.15 bits per heavy atom. The smallest absolute Gasteiger partial charge is 0.259 e. The van der Waals surface area contributed by atoms with Crippen LogP contribution in [0.15, 0.2) is 47.3 Å². The topological polar surface area (TPSA) is 96.7 Å². The summed E-state index contributed by atoms with van der Waals surface area (Å²) in [6.45, 7) is 3.92. The number of hydrogen-bond acceptors (Lipinski definition) is 5.